The third-order valence-corrected chi connectivity index (χ3v) is 4.72. The van der Waals surface area contributed by atoms with Gasteiger partial charge in [-0.05, 0) is 38.0 Å². The Hall–Kier alpha value is -2.69. The summed E-state index contributed by atoms with van der Waals surface area (Å²) < 4.78 is 38.3. The van der Waals surface area contributed by atoms with Crippen molar-refractivity contribution in [2.75, 3.05) is 26.2 Å². The van der Waals surface area contributed by atoms with E-state index in [9.17, 15) is 18.0 Å². The monoisotopic (exact) mass is 422 g/mol. The summed E-state index contributed by atoms with van der Waals surface area (Å²) >= 11 is 0. The molecule has 0 aromatic heterocycles. The number of alkyl halides is 3. The van der Waals surface area contributed by atoms with E-state index in [0.29, 0.717) is 31.2 Å². The Morgan fingerprint density at radius 2 is 2.00 bits per heavy atom. The second-order valence-electron chi connectivity index (χ2n) is 7.47. The van der Waals surface area contributed by atoms with Gasteiger partial charge in [-0.15, -0.1) is 0 Å². The van der Waals surface area contributed by atoms with Crippen molar-refractivity contribution in [3.8, 4) is 11.8 Å². The van der Waals surface area contributed by atoms with E-state index in [-0.39, 0.29) is 24.4 Å². The third kappa shape index (κ3) is 7.29. The summed E-state index contributed by atoms with van der Waals surface area (Å²) in [4.78, 5) is 18.4. The average molecular weight is 422 g/mol. The number of carbonyl (C=O) groups is 1. The van der Waals surface area contributed by atoms with Gasteiger partial charge in [0.25, 0.3) is 0 Å². The van der Waals surface area contributed by atoms with E-state index in [1.165, 1.54) is 6.07 Å². The van der Waals surface area contributed by atoms with E-state index < -0.39 is 11.7 Å². The molecule has 1 aromatic rings. The molecule has 0 atom stereocenters. The Morgan fingerprint density at radius 1 is 1.30 bits per heavy atom. The van der Waals surface area contributed by atoms with Crippen LogP contribution in [-0.2, 0) is 11.0 Å². The van der Waals surface area contributed by atoms with Crippen LogP contribution >= 0.6 is 0 Å². The Balaban J connectivity index is 1.92. The van der Waals surface area contributed by atoms with Crippen LogP contribution in [0.3, 0.4) is 0 Å². The van der Waals surface area contributed by atoms with Gasteiger partial charge in [0.15, 0.2) is 5.96 Å². The molecule has 1 aliphatic heterocycles. The van der Waals surface area contributed by atoms with Crippen LogP contribution in [0.1, 0.15) is 44.7 Å². The van der Waals surface area contributed by atoms with Gasteiger partial charge in [0.1, 0.15) is 6.54 Å². The predicted molar refractivity (Wildman–Crippen MR) is 112 cm³/mol. The molecule has 30 heavy (non-hydrogen) atoms. The summed E-state index contributed by atoms with van der Waals surface area (Å²) in [5.74, 6) is 6.33. The number of likely N-dealkylation sites (tertiary alicyclic amines) is 1. The van der Waals surface area contributed by atoms with Crippen molar-refractivity contribution >= 4 is 11.9 Å². The molecule has 1 amide bonds. The Morgan fingerprint density at radius 3 is 2.60 bits per heavy atom. The number of nitrogens with one attached hydrogen (secondary N) is 2. The molecule has 0 unspecified atom stereocenters. The number of carbonyl (C=O) groups excluding carboxylic acids is 1. The zero-order valence-electron chi connectivity index (χ0n) is 17.6. The number of amides is 1. The second kappa shape index (κ2) is 10.9. The van der Waals surface area contributed by atoms with Gasteiger partial charge < -0.3 is 15.5 Å². The van der Waals surface area contributed by atoms with Gasteiger partial charge in [-0.2, -0.15) is 13.2 Å². The van der Waals surface area contributed by atoms with Crippen molar-refractivity contribution in [3.05, 3.63) is 35.4 Å². The van der Waals surface area contributed by atoms with Crippen molar-refractivity contribution in [1.82, 2.24) is 15.5 Å². The molecule has 1 aromatic carbocycles. The van der Waals surface area contributed by atoms with Crippen LogP contribution < -0.4 is 10.6 Å². The maximum absolute atomic E-state index is 12.8. The number of hydrogen-bond acceptors (Lipinski definition) is 2. The minimum atomic E-state index is -4.38. The lowest BCUT2D eigenvalue weighted by atomic mass is 10.0. The van der Waals surface area contributed by atoms with E-state index in [1.807, 2.05) is 25.7 Å². The molecule has 0 bridgehead atoms. The van der Waals surface area contributed by atoms with Crippen LogP contribution in [0.5, 0.6) is 0 Å². The first kappa shape index (κ1) is 23.6. The van der Waals surface area contributed by atoms with Gasteiger partial charge in [-0.3, -0.25) is 4.79 Å². The van der Waals surface area contributed by atoms with Crippen molar-refractivity contribution < 1.29 is 18.0 Å². The van der Waals surface area contributed by atoms with Gasteiger partial charge >= 0.3 is 6.18 Å². The van der Waals surface area contributed by atoms with Crippen LogP contribution in [0.15, 0.2) is 29.3 Å². The zero-order chi connectivity index (χ0) is 22.1. The number of aliphatic imine (C=N–C) groups is 1. The molecular weight excluding hydrogens is 393 g/mol. The molecule has 0 radical (unpaired) electrons. The first-order valence-corrected chi connectivity index (χ1v) is 10.2. The maximum atomic E-state index is 12.8. The lowest BCUT2D eigenvalue weighted by Crippen LogP contribution is -2.50. The fourth-order valence-electron chi connectivity index (χ4n) is 3.16. The highest BCUT2D eigenvalue weighted by Crippen LogP contribution is 2.29. The van der Waals surface area contributed by atoms with Crippen LogP contribution in [0.2, 0.25) is 0 Å². The second-order valence-corrected chi connectivity index (χ2v) is 7.47. The standard InChI is InChI=1S/C22H29F3N4O/c1-4-26-21(28-19-10-13-29(14-11-19)20(30)16(2)3)27-12-6-8-17-7-5-9-18(15-17)22(23,24)25/h5,7,9,15-16,19H,4,10-14H2,1-3H3,(H2,26,27,28). The molecule has 2 rings (SSSR count). The molecule has 1 aliphatic rings. The van der Waals surface area contributed by atoms with E-state index in [0.717, 1.165) is 25.0 Å². The lowest BCUT2D eigenvalue weighted by Gasteiger charge is -2.34. The number of halogens is 3. The van der Waals surface area contributed by atoms with E-state index in [2.05, 4.69) is 27.5 Å². The lowest BCUT2D eigenvalue weighted by molar-refractivity contribution is -0.137. The Bertz CT molecular complexity index is 801. The first-order chi connectivity index (χ1) is 14.2. The van der Waals surface area contributed by atoms with Gasteiger partial charge in [-0.1, -0.05) is 31.8 Å². The highest BCUT2D eigenvalue weighted by molar-refractivity contribution is 5.80. The Kier molecular flexibility index (Phi) is 8.58. The van der Waals surface area contributed by atoms with Crippen LogP contribution in [0.25, 0.3) is 0 Å². The van der Waals surface area contributed by atoms with Gasteiger partial charge in [0.2, 0.25) is 5.91 Å². The Labute approximate surface area is 176 Å². The number of hydrogen-bond donors (Lipinski definition) is 2. The number of piperidine rings is 1. The van der Waals surface area contributed by atoms with Gasteiger partial charge in [-0.25, -0.2) is 4.99 Å². The summed E-state index contributed by atoms with van der Waals surface area (Å²) in [5.41, 5.74) is -0.407. The van der Waals surface area contributed by atoms with Crippen LogP contribution in [0.4, 0.5) is 13.2 Å². The molecular formula is C22H29F3N4O. The normalized spacial score (nSPS) is 15.6. The molecule has 1 fully saturated rings. The molecule has 0 aliphatic carbocycles. The minimum Gasteiger partial charge on any atom is -0.357 e. The van der Waals surface area contributed by atoms with Gasteiger partial charge in [0.05, 0.1) is 5.56 Å². The molecule has 1 heterocycles. The molecule has 5 nitrogen and oxygen atoms in total. The smallest absolute Gasteiger partial charge is 0.357 e. The minimum absolute atomic E-state index is 0.00351. The number of benzene rings is 1. The van der Waals surface area contributed by atoms with E-state index >= 15 is 0 Å². The fourth-order valence-corrected chi connectivity index (χ4v) is 3.16. The third-order valence-electron chi connectivity index (χ3n) is 4.72. The predicted octanol–water partition coefficient (Wildman–Crippen LogP) is 3.26. The molecule has 0 saturated carbocycles. The summed E-state index contributed by atoms with van der Waals surface area (Å²) in [6.07, 6.45) is -2.72. The number of nitrogens with zero attached hydrogens (tertiary/aromatic N) is 2. The van der Waals surface area contributed by atoms with Crippen molar-refractivity contribution in [3.63, 3.8) is 0 Å². The number of guanidine groups is 1. The molecule has 2 N–H and O–H groups in total. The molecule has 0 spiro atoms. The largest absolute Gasteiger partial charge is 0.416 e. The van der Waals surface area contributed by atoms with Crippen molar-refractivity contribution in [2.45, 2.75) is 45.8 Å². The maximum Gasteiger partial charge on any atom is 0.416 e. The zero-order valence-corrected chi connectivity index (χ0v) is 17.6. The topological polar surface area (TPSA) is 56.7 Å². The highest BCUT2D eigenvalue weighted by Gasteiger charge is 2.30. The highest BCUT2D eigenvalue weighted by atomic mass is 19.4. The van der Waals surface area contributed by atoms with E-state index in [1.54, 1.807) is 6.07 Å². The van der Waals surface area contributed by atoms with Gasteiger partial charge in [0, 0.05) is 37.2 Å². The quantitative estimate of drug-likeness (QED) is 0.445. The molecule has 1 saturated heterocycles. The van der Waals surface area contributed by atoms with E-state index in [4.69, 9.17) is 0 Å². The summed E-state index contributed by atoms with van der Waals surface area (Å²) in [7, 11) is 0. The molecule has 164 valence electrons. The average Bonchev–Trinajstić information content (AvgIpc) is 2.71. The summed E-state index contributed by atoms with van der Waals surface area (Å²) in [6.45, 7) is 8.03. The summed E-state index contributed by atoms with van der Waals surface area (Å²) in [5, 5.41) is 6.51. The number of rotatable bonds is 4. The van der Waals surface area contributed by atoms with Crippen molar-refractivity contribution in [2.24, 2.45) is 10.9 Å². The van der Waals surface area contributed by atoms with Crippen molar-refractivity contribution in [1.29, 1.82) is 0 Å². The SMILES string of the molecule is CCNC(=NCC#Cc1cccc(C(F)(F)F)c1)NC1CCN(C(=O)C(C)C)CC1. The fraction of sp³-hybridized carbons (Fsp3) is 0.545. The van der Waals surface area contributed by atoms with Crippen LogP contribution in [-0.4, -0.2) is 49.0 Å². The molecule has 8 heteroatoms. The van der Waals surface area contributed by atoms with Crippen LogP contribution in [0, 0.1) is 17.8 Å². The summed E-state index contributed by atoms with van der Waals surface area (Å²) in [6, 6.07) is 5.15. The first-order valence-electron chi connectivity index (χ1n) is 10.2.